The van der Waals surface area contributed by atoms with Crippen LogP contribution in [0.2, 0.25) is 0 Å². The molecule has 0 aliphatic carbocycles. The Kier molecular flexibility index (Phi) is 7.84. The van der Waals surface area contributed by atoms with Crippen molar-refractivity contribution in [3.63, 3.8) is 0 Å². The molecule has 8 heteroatoms. The largest absolute Gasteiger partial charge is 1.00 e. The fourth-order valence-corrected chi connectivity index (χ4v) is 2.33. The molecule has 132 valence electrons. The zero-order chi connectivity index (χ0) is 16.7. The summed E-state index contributed by atoms with van der Waals surface area (Å²) >= 11 is 0. The van der Waals surface area contributed by atoms with Gasteiger partial charge in [-0.1, -0.05) is 12.1 Å². The molecule has 2 rings (SSSR count). The van der Waals surface area contributed by atoms with Crippen LogP contribution in [0.1, 0.15) is 12.5 Å². The number of carbonyl (C=O) groups excluding carboxylic acids is 2. The number of likely N-dealkylation sites (N-methyl/N-ethyl adjacent to an activating group) is 1. The first-order valence-electron chi connectivity index (χ1n) is 7.49. The molecule has 1 heterocycles. The summed E-state index contributed by atoms with van der Waals surface area (Å²) in [7, 11) is 2.03. The van der Waals surface area contributed by atoms with Crippen LogP contribution in [0.15, 0.2) is 29.4 Å². The SMILES string of the molecule is CC(=O)Oc1ccccc1/C=N/NC(=O)C[N+]1(C)CCOCC1.[Cl-]. The van der Waals surface area contributed by atoms with Crippen molar-refractivity contribution in [3.8, 4) is 5.75 Å². The third-order valence-electron chi connectivity index (χ3n) is 3.64. The van der Waals surface area contributed by atoms with E-state index in [0.717, 1.165) is 13.1 Å². The summed E-state index contributed by atoms with van der Waals surface area (Å²) in [6, 6.07) is 6.99. The lowest BCUT2D eigenvalue weighted by atomic mass is 10.2. The van der Waals surface area contributed by atoms with E-state index in [1.165, 1.54) is 13.1 Å². The van der Waals surface area contributed by atoms with E-state index in [1.807, 2.05) is 7.05 Å². The van der Waals surface area contributed by atoms with Crippen molar-refractivity contribution in [2.45, 2.75) is 6.92 Å². The second-order valence-corrected chi connectivity index (χ2v) is 5.76. The zero-order valence-electron chi connectivity index (χ0n) is 13.8. The number of ether oxygens (including phenoxy) is 2. The van der Waals surface area contributed by atoms with E-state index < -0.39 is 5.97 Å². The van der Waals surface area contributed by atoms with Crippen molar-refractivity contribution in [1.29, 1.82) is 0 Å². The van der Waals surface area contributed by atoms with Crippen molar-refractivity contribution in [2.75, 3.05) is 39.9 Å². The number of amides is 1. The Morgan fingerprint density at radius 1 is 1.33 bits per heavy atom. The van der Waals surface area contributed by atoms with Gasteiger partial charge in [-0.05, 0) is 12.1 Å². The van der Waals surface area contributed by atoms with E-state index in [2.05, 4.69) is 10.5 Å². The fourth-order valence-electron chi connectivity index (χ4n) is 2.33. The van der Waals surface area contributed by atoms with E-state index in [9.17, 15) is 9.59 Å². The monoisotopic (exact) mass is 355 g/mol. The molecule has 1 aromatic carbocycles. The van der Waals surface area contributed by atoms with Crippen LogP contribution in [0.3, 0.4) is 0 Å². The number of morpholine rings is 1. The lowest BCUT2D eigenvalue weighted by molar-refractivity contribution is -0.909. The predicted octanol–water partition coefficient (Wildman–Crippen LogP) is -2.46. The Morgan fingerprint density at radius 3 is 2.67 bits per heavy atom. The summed E-state index contributed by atoms with van der Waals surface area (Å²) in [6.45, 7) is 4.65. The molecule has 0 spiro atoms. The molecule has 1 fully saturated rings. The van der Waals surface area contributed by atoms with Gasteiger partial charge in [-0.2, -0.15) is 5.10 Å². The molecule has 7 nitrogen and oxygen atoms in total. The van der Waals surface area contributed by atoms with Gasteiger partial charge in [-0.3, -0.25) is 9.59 Å². The highest BCUT2D eigenvalue weighted by molar-refractivity contribution is 5.86. The van der Waals surface area contributed by atoms with Gasteiger partial charge < -0.3 is 26.4 Å². The van der Waals surface area contributed by atoms with Crippen molar-refractivity contribution >= 4 is 18.1 Å². The zero-order valence-corrected chi connectivity index (χ0v) is 14.6. The van der Waals surface area contributed by atoms with Crippen LogP contribution in [0.5, 0.6) is 5.75 Å². The maximum Gasteiger partial charge on any atom is 0.308 e. The van der Waals surface area contributed by atoms with Crippen LogP contribution in [-0.4, -0.2) is 62.5 Å². The van der Waals surface area contributed by atoms with Gasteiger partial charge in [0.1, 0.15) is 18.8 Å². The molecule has 1 saturated heterocycles. The molecule has 0 saturated carbocycles. The number of benzene rings is 1. The maximum atomic E-state index is 12.0. The normalized spacial score (nSPS) is 16.2. The number of para-hydroxylation sites is 1. The van der Waals surface area contributed by atoms with Crippen LogP contribution >= 0.6 is 0 Å². The molecule has 0 radical (unpaired) electrons. The summed E-state index contributed by atoms with van der Waals surface area (Å²) in [4.78, 5) is 23.1. The van der Waals surface area contributed by atoms with Gasteiger partial charge in [0.25, 0.3) is 5.91 Å². The van der Waals surface area contributed by atoms with Crippen LogP contribution in [-0.2, 0) is 14.3 Å². The highest BCUT2D eigenvalue weighted by Crippen LogP contribution is 2.15. The van der Waals surface area contributed by atoms with Gasteiger partial charge in [0.2, 0.25) is 0 Å². The second-order valence-electron chi connectivity index (χ2n) is 5.76. The highest BCUT2D eigenvalue weighted by Gasteiger charge is 2.27. The average molecular weight is 356 g/mol. The first-order chi connectivity index (χ1) is 11.0. The first-order valence-corrected chi connectivity index (χ1v) is 7.49. The Labute approximate surface area is 147 Å². The lowest BCUT2D eigenvalue weighted by Crippen LogP contribution is -3.00. The molecular weight excluding hydrogens is 334 g/mol. The summed E-state index contributed by atoms with van der Waals surface area (Å²) in [6.07, 6.45) is 1.47. The van der Waals surface area contributed by atoms with Gasteiger partial charge in [0.15, 0.2) is 6.54 Å². The average Bonchev–Trinajstić information content (AvgIpc) is 2.48. The standard InChI is InChI=1S/C16H21N3O4.ClH/c1-13(20)23-15-6-4-3-5-14(15)11-17-18-16(21)12-19(2)7-9-22-10-8-19;/h3-6,11H,7-10,12H2,1-2H3;1H/b17-11+;. The van der Waals surface area contributed by atoms with E-state index in [-0.39, 0.29) is 18.3 Å². The van der Waals surface area contributed by atoms with Crippen LogP contribution < -0.4 is 22.6 Å². The smallest absolute Gasteiger partial charge is 0.308 e. The molecule has 1 amide bonds. The predicted molar refractivity (Wildman–Crippen MR) is 85.1 cm³/mol. The molecule has 0 atom stereocenters. The Bertz CT molecular complexity index is 601. The number of nitrogens with one attached hydrogen (secondary N) is 1. The molecule has 1 aliphatic heterocycles. The topological polar surface area (TPSA) is 77.0 Å². The first kappa shape index (κ1) is 20.1. The van der Waals surface area contributed by atoms with Crippen molar-refractivity contribution in [2.24, 2.45) is 5.10 Å². The van der Waals surface area contributed by atoms with Gasteiger partial charge >= 0.3 is 5.97 Å². The minimum absolute atomic E-state index is 0. The van der Waals surface area contributed by atoms with Gasteiger partial charge in [-0.15, -0.1) is 0 Å². The van der Waals surface area contributed by atoms with E-state index in [1.54, 1.807) is 24.3 Å². The molecule has 0 unspecified atom stereocenters. The van der Waals surface area contributed by atoms with Crippen molar-refractivity contribution < 1.29 is 36.0 Å². The number of carbonyl (C=O) groups is 2. The Balaban J connectivity index is 0.00000288. The molecule has 0 bridgehead atoms. The number of hydrogen-bond acceptors (Lipinski definition) is 5. The molecular formula is C16H22ClN3O4. The van der Waals surface area contributed by atoms with E-state index in [4.69, 9.17) is 9.47 Å². The summed E-state index contributed by atoms with van der Waals surface area (Å²) in [5.41, 5.74) is 3.14. The second kappa shape index (κ2) is 9.36. The Morgan fingerprint density at radius 2 is 2.00 bits per heavy atom. The Hall–Kier alpha value is -1.96. The number of esters is 1. The summed E-state index contributed by atoms with van der Waals surface area (Å²) < 4.78 is 11.0. The number of rotatable bonds is 5. The van der Waals surface area contributed by atoms with Gasteiger partial charge in [-0.25, -0.2) is 5.43 Å². The van der Waals surface area contributed by atoms with Crippen molar-refractivity contribution in [3.05, 3.63) is 29.8 Å². The van der Waals surface area contributed by atoms with Crippen LogP contribution in [0.25, 0.3) is 0 Å². The van der Waals surface area contributed by atoms with Crippen molar-refractivity contribution in [1.82, 2.24) is 5.43 Å². The molecule has 0 aromatic heterocycles. The third-order valence-corrected chi connectivity index (χ3v) is 3.64. The van der Waals surface area contributed by atoms with E-state index in [0.29, 0.717) is 35.6 Å². The summed E-state index contributed by atoms with van der Waals surface area (Å²) in [5.74, 6) is -0.152. The quantitative estimate of drug-likeness (QED) is 0.209. The van der Waals surface area contributed by atoms with Gasteiger partial charge in [0.05, 0.1) is 26.5 Å². The fraction of sp³-hybridized carbons (Fsp3) is 0.438. The van der Waals surface area contributed by atoms with Crippen LogP contribution in [0, 0.1) is 0 Å². The number of nitrogens with zero attached hydrogens (tertiary/aromatic N) is 2. The number of hydrogen-bond donors (Lipinski definition) is 1. The molecule has 1 aromatic rings. The maximum absolute atomic E-state index is 12.0. The lowest BCUT2D eigenvalue weighted by Gasteiger charge is -2.36. The molecule has 24 heavy (non-hydrogen) atoms. The van der Waals surface area contributed by atoms with E-state index >= 15 is 0 Å². The van der Waals surface area contributed by atoms with Crippen LogP contribution in [0.4, 0.5) is 0 Å². The molecule has 1 aliphatic rings. The number of hydrazone groups is 1. The number of halogens is 1. The summed E-state index contributed by atoms with van der Waals surface area (Å²) in [5, 5.41) is 3.95. The minimum Gasteiger partial charge on any atom is -1.00 e. The minimum atomic E-state index is -0.403. The highest BCUT2D eigenvalue weighted by atomic mass is 35.5. The third kappa shape index (κ3) is 6.27. The molecule has 1 N–H and O–H groups in total. The number of quaternary nitrogens is 1. The van der Waals surface area contributed by atoms with Gasteiger partial charge in [0, 0.05) is 12.5 Å².